The molecule has 1 heterocycles. The number of rotatable bonds is 12. The number of aromatic hydroxyl groups is 1. The van der Waals surface area contributed by atoms with Crippen LogP contribution in [0.1, 0.15) is 56.7 Å². The van der Waals surface area contributed by atoms with Gasteiger partial charge in [0.15, 0.2) is 5.75 Å². The Labute approximate surface area is 172 Å². The fourth-order valence-corrected chi connectivity index (χ4v) is 3.20. The van der Waals surface area contributed by atoms with Gasteiger partial charge in [-0.15, -0.1) is 0 Å². The van der Waals surface area contributed by atoms with Crippen molar-refractivity contribution in [3.63, 3.8) is 0 Å². The second-order valence-electron chi connectivity index (χ2n) is 7.38. The number of unbranched alkanes of at least 4 members (excludes halogenated alkanes) is 5. The number of hydrogen-bond acceptors (Lipinski definition) is 5. The molecule has 158 valence electrons. The summed E-state index contributed by atoms with van der Waals surface area (Å²) in [6.07, 6.45) is 8.64. The summed E-state index contributed by atoms with van der Waals surface area (Å²) >= 11 is 0. The van der Waals surface area contributed by atoms with Crippen molar-refractivity contribution in [2.24, 2.45) is 5.73 Å². The first-order valence-electron chi connectivity index (χ1n) is 10.4. The summed E-state index contributed by atoms with van der Waals surface area (Å²) in [4.78, 5) is 24.1. The third kappa shape index (κ3) is 7.74. The Bertz CT molecular complexity index is 817. The van der Waals surface area contributed by atoms with Crippen LogP contribution < -0.4 is 11.2 Å². The topological polar surface area (TPSA) is 94.5 Å². The quantitative estimate of drug-likeness (QED) is 0.420. The van der Waals surface area contributed by atoms with E-state index in [9.17, 15) is 14.7 Å². The van der Waals surface area contributed by atoms with Gasteiger partial charge in [-0.05, 0) is 18.4 Å². The molecule has 0 radical (unpaired) electrons. The van der Waals surface area contributed by atoms with Crippen molar-refractivity contribution < 1.29 is 14.6 Å². The highest BCUT2D eigenvalue weighted by Gasteiger charge is 2.17. The average molecular weight is 401 g/mol. The van der Waals surface area contributed by atoms with Crippen LogP contribution in [-0.2, 0) is 29.1 Å². The minimum Gasteiger partial charge on any atom is -0.503 e. The van der Waals surface area contributed by atoms with Gasteiger partial charge in [0.25, 0.3) is 0 Å². The van der Waals surface area contributed by atoms with E-state index in [4.69, 9.17) is 10.5 Å². The summed E-state index contributed by atoms with van der Waals surface area (Å²) in [5, 5.41) is 9.77. The molecule has 1 atom stereocenters. The molecule has 0 fully saturated rings. The maximum atomic E-state index is 12.3. The van der Waals surface area contributed by atoms with Gasteiger partial charge in [-0.2, -0.15) is 0 Å². The highest BCUT2D eigenvalue weighted by molar-refractivity contribution is 5.75. The molecule has 0 aliphatic heterocycles. The van der Waals surface area contributed by atoms with Crippen LogP contribution in [0.2, 0.25) is 0 Å². The molecular formula is C23H32N2O4. The number of carbonyl (C=O) groups excluding carboxylic acids is 1. The zero-order chi connectivity index (χ0) is 21.1. The molecule has 0 saturated carbocycles. The van der Waals surface area contributed by atoms with E-state index < -0.39 is 17.4 Å². The second kappa shape index (κ2) is 12.1. The molecule has 1 unspecified atom stereocenters. The lowest BCUT2D eigenvalue weighted by Crippen LogP contribution is -2.34. The molecule has 0 aliphatic rings. The van der Waals surface area contributed by atoms with Crippen LogP contribution in [-0.4, -0.2) is 21.7 Å². The number of nitrogens with zero attached hydrogens (tertiary/aromatic N) is 1. The fourth-order valence-electron chi connectivity index (χ4n) is 3.20. The number of hydrogen-bond donors (Lipinski definition) is 2. The van der Waals surface area contributed by atoms with E-state index in [2.05, 4.69) is 6.92 Å². The minimum atomic E-state index is -0.770. The summed E-state index contributed by atoms with van der Waals surface area (Å²) in [7, 11) is 0. The first-order chi connectivity index (χ1) is 14.0. The van der Waals surface area contributed by atoms with Gasteiger partial charge in [-0.1, -0.05) is 69.4 Å². The number of carbonyl (C=O) groups is 1. The van der Waals surface area contributed by atoms with Crippen LogP contribution in [0.15, 0.2) is 47.4 Å². The SMILES string of the molecule is CCCCCCCCn1cc(O)c(=O)cc1COC(=O)C(N)Cc1ccccc1. The van der Waals surface area contributed by atoms with Crippen molar-refractivity contribution >= 4 is 5.97 Å². The Morgan fingerprint density at radius 2 is 1.83 bits per heavy atom. The highest BCUT2D eigenvalue weighted by Crippen LogP contribution is 2.12. The Morgan fingerprint density at radius 1 is 1.14 bits per heavy atom. The number of aryl methyl sites for hydroxylation is 1. The van der Waals surface area contributed by atoms with E-state index in [1.165, 1.54) is 37.9 Å². The van der Waals surface area contributed by atoms with Gasteiger partial charge in [-0.25, -0.2) is 0 Å². The van der Waals surface area contributed by atoms with E-state index in [1.807, 2.05) is 30.3 Å². The van der Waals surface area contributed by atoms with Crippen molar-refractivity contribution in [1.29, 1.82) is 0 Å². The number of benzene rings is 1. The third-order valence-electron chi connectivity index (χ3n) is 4.91. The van der Waals surface area contributed by atoms with Crippen molar-refractivity contribution in [2.45, 2.75) is 71.1 Å². The van der Waals surface area contributed by atoms with E-state index in [0.29, 0.717) is 18.7 Å². The second-order valence-corrected chi connectivity index (χ2v) is 7.38. The van der Waals surface area contributed by atoms with Crippen LogP contribution in [0, 0.1) is 0 Å². The fraction of sp³-hybridized carbons (Fsp3) is 0.478. The molecule has 6 heteroatoms. The van der Waals surface area contributed by atoms with Crippen LogP contribution >= 0.6 is 0 Å². The lowest BCUT2D eigenvalue weighted by Gasteiger charge is -2.16. The number of nitrogens with two attached hydrogens (primary N) is 1. The molecule has 0 bridgehead atoms. The van der Waals surface area contributed by atoms with Crippen LogP contribution in [0.5, 0.6) is 5.75 Å². The standard InChI is InChI=1S/C23H32N2O4/c1-2-3-4-5-6-10-13-25-16-22(27)21(26)15-19(25)17-29-23(28)20(24)14-18-11-8-7-9-12-18/h7-9,11-12,15-16,20,27H,2-6,10,13-14,17,24H2,1H3. The summed E-state index contributed by atoms with van der Waals surface area (Å²) in [6, 6.07) is 10.1. The molecule has 0 spiro atoms. The van der Waals surface area contributed by atoms with Gasteiger partial charge in [0, 0.05) is 12.6 Å². The molecule has 2 rings (SSSR count). The van der Waals surface area contributed by atoms with E-state index in [1.54, 1.807) is 4.57 Å². The summed E-state index contributed by atoms with van der Waals surface area (Å²) in [6.45, 7) is 2.79. The molecular weight excluding hydrogens is 368 g/mol. The highest BCUT2D eigenvalue weighted by atomic mass is 16.5. The maximum Gasteiger partial charge on any atom is 0.323 e. The zero-order valence-corrected chi connectivity index (χ0v) is 17.2. The number of aromatic nitrogens is 1. The molecule has 0 amide bonds. The maximum absolute atomic E-state index is 12.3. The lowest BCUT2D eigenvalue weighted by molar-refractivity contribution is -0.146. The van der Waals surface area contributed by atoms with Crippen molar-refractivity contribution in [3.05, 3.63) is 64.1 Å². The van der Waals surface area contributed by atoms with E-state index in [-0.39, 0.29) is 12.4 Å². The Hall–Kier alpha value is -2.60. The molecule has 6 nitrogen and oxygen atoms in total. The smallest absolute Gasteiger partial charge is 0.323 e. The molecule has 3 N–H and O–H groups in total. The molecule has 0 aliphatic carbocycles. The summed E-state index contributed by atoms with van der Waals surface area (Å²) in [5.41, 5.74) is 6.99. The Kier molecular flexibility index (Phi) is 9.44. The molecule has 29 heavy (non-hydrogen) atoms. The Balaban J connectivity index is 1.91. The molecule has 2 aromatic rings. The third-order valence-corrected chi connectivity index (χ3v) is 4.91. The van der Waals surface area contributed by atoms with Crippen LogP contribution in [0.3, 0.4) is 0 Å². The molecule has 1 aromatic carbocycles. The van der Waals surface area contributed by atoms with Gasteiger partial charge >= 0.3 is 5.97 Å². The van der Waals surface area contributed by atoms with E-state index in [0.717, 1.165) is 18.4 Å². The molecule has 1 aromatic heterocycles. The number of esters is 1. The summed E-state index contributed by atoms with van der Waals surface area (Å²) in [5.74, 6) is -0.813. The van der Waals surface area contributed by atoms with Gasteiger partial charge < -0.3 is 20.1 Å². The van der Waals surface area contributed by atoms with Gasteiger partial charge in [-0.3, -0.25) is 9.59 Å². The first-order valence-corrected chi connectivity index (χ1v) is 10.4. The van der Waals surface area contributed by atoms with Gasteiger partial charge in [0.05, 0.1) is 11.9 Å². The Morgan fingerprint density at radius 3 is 2.55 bits per heavy atom. The van der Waals surface area contributed by atoms with Crippen molar-refractivity contribution in [1.82, 2.24) is 4.57 Å². The normalized spacial score (nSPS) is 11.9. The number of pyridine rings is 1. The monoisotopic (exact) mass is 400 g/mol. The number of ether oxygens (including phenoxy) is 1. The average Bonchev–Trinajstić information content (AvgIpc) is 2.72. The summed E-state index contributed by atoms with van der Waals surface area (Å²) < 4.78 is 7.14. The lowest BCUT2D eigenvalue weighted by atomic mass is 10.1. The van der Waals surface area contributed by atoms with Gasteiger partial charge in [0.2, 0.25) is 5.43 Å². The minimum absolute atomic E-state index is 0.0489. The first kappa shape index (κ1) is 22.7. The predicted molar refractivity (Wildman–Crippen MR) is 114 cm³/mol. The van der Waals surface area contributed by atoms with Crippen molar-refractivity contribution in [3.8, 4) is 5.75 Å². The molecule has 0 saturated heterocycles. The zero-order valence-electron chi connectivity index (χ0n) is 17.2. The predicted octanol–water partition coefficient (Wildman–Crippen LogP) is 3.53. The van der Waals surface area contributed by atoms with Crippen molar-refractivity contribution in [2.75, 3.05) is 0 Å². The van der Waals surface area contributed by atoms with E-state index >= 15 is 0 Å². The van der Waals surface area contributed by atoms with Crippen LogP contribution in [0.25, 0.3) is 0 Å². The van der Waals surface area contributed by atoms with Gasteiger partial charge in [0.1, 0.15) is 12.6 Å². The van der Waals surface area contributed by atoms with Crippen LogP contribution in [0.4, 0.5) is 0 Å². The largest absolute Gasteiger partial charge is 0.503 e.